The van der Waals surface area contributed by atoms with Gasteiger partial charge in [-0.3, -0.25) is 4.57 Å². The quantitative estimate of drug-likeness (QED) is 0.870. The summed E-state index contributed by atoms with van der Waals surface area (Å²) in [6.07, 6.45) is 1.17. The maximum atomic E-state index is 12.1. The average molecular weight is 326 g/mol. The number of halogens is 1. The van der Waals surface area contributed by atoms with Crippen LogP contribution in [0.5, 0.6) is 0 Å². The van der Waals surface area contributed by atoms with Crippen LogP contribution in [0, 0.1) is 0 Å². The van der Waals surface area contributed by atoms with Crippen molar-refractivity contribution in [1.82, 2.24) is 4.57 Å². The number of hydrogen-bond acceptors (Lipinski definition) is 3. The third-order valence-corrected chi connectivity index (χ3v) is 3.10. The largest absolute Gasteiger partial charge is 0.443 e. The molecular formula is C14H16BrNO3. The van der Waals surface area contributed by atoms with Gasteiger partial charge in [0.2, 0.25) is 0 Å². The van der Waals surface area contributed by atoms with Gasteiger partial charge in [0, 0.05) is 21.6 Å². The van der Waals surface area contributed by atoms with Crippen LogP contribution in [0.3, 0.4) is 0 Å². The van der Waals surface area contributed by atoms with Gasteiger partial charge in [-0.25, -0.2) is 4.79 Å². The number of ether oxygens (including phenoxy) is 1. The molecule has 0 aliphatic carbocycles. The molecule has 0 bridgehead atoms. The average Bonchev–Trinajstić information content (AvgIpc) is 2.64. The van der Waals surface area contributed by atoms with E-state index in [0.29, 0.717) is 5.56 Å². The Hall–Kier alpha value is -1.33. The Bertz CT molecular complexity index is 625. The highest BCUT2D eigenvalue weighted by Crippen LogP contribution is 2.26. The molecule has 2 aromatic rings. The van der Waals surface area contributed by atoms with Crippen molar-refractivity contribution in [3.8, 4) is 0 Å². The standard InChI is InChI=1S/C14H16BrNO3/c1-14(2,3)19-13(18)16-7-9(8-17)11-6-10(15)4-5-12(11)16/h4-7,17H,8H2,1-3H3. The fourth-order valence-electron chi connectivity index (χ4n) is 1.86. The lowest BCUT2D eigenvalue weighted by Gasteiger charge is -2.19. The Morgan fingerprint density at radius 3 is 2.68 bits per heavy atom. The monoisotopic (exact) mass is 325 g/mol. The number of rotatable bonds is 1. The zero-order valence-electron chi connectivity index (χ0n) is 11.1. The summed E-state index contributed by atoms with van der Waals surface area (Å²) in [5.74, 6) is 0. The van der Waals surface area contributed by atoms with Crippen molar-refractivity contribution in [2.75, 3.05) is 0 Å². The summed E-state index contributed by atoms with van der Waals surface area (Å²) < 4.78 is 7.68. The first-order valence-electron chi connectivity index (χ1n) is 5.95. The van der Waals surface area contributed by atoms with Crippen molar-refractivity contribution in [3.63, 3.8) is 0 Å². The van der Waals surface area contributed by atoms with Crippen LogP contribution in [0.25, 0.3) is 10.9 Å². The van der Waals surface area contributed by atoms with Crippen LogP contribution in [0.2, 0.25) is 0 Å². The molecule has 0 unspecified atom stereocenters. The van der Waals surface area contributed by atoms with E-state index in [1.165, 1.54) is 4.57 Å². The predicted octanol–water partition coefficient (Wildman–Crippen LogP) is 3.68. The van der Waals surface area contributed by atoms with Gasteiger partial charge in [0.05, 0.1) is 12.1 Å². The van der Waals surface area contributed by atoms with E-state index in [0.717, 1.165) is 15.4 Å². The van der Waals surface area contributed by atoms with Crippen LogP contribution in [0.4, 0.5) is 4.79 Å². The Morgan fingerprint density at radius 1 is 1.42 bits per heavy atom. The molecule has 0 aliphatic heterocycles. The highest BCUT2D eigenvalue weighted by molar-refractivity contribution is 9.10. The molecule has 102 valence electrons. The molecule has 2 rings (SSSR count). The molecule has 0 saturated carbocycles. The molecule has 19 heavy (non-hydrogen) atoms. The van der Waals surface area contributed by atoms with Crippen molar-refractivity contribution >= 4 is 32.9 Å². The molecule has 0 aliphatic rings. The topological polar surface area (TPSA) is 51.5 Å². The molecule has 0 fully saturated rings. The molecule has 0 amide bonds. The van der Waals surface area contributed by atoms with Gasteiger partial charge in [0.15, 0.2) is 0 Å². The summed E-state index contributed by atoms with van der Waals surface area (Å²) >= 11 is 3.38. The zero-order chi connectivity index (χ0) is 14.2. The van der Waals surface area contributed by atoms with Gasteiger partial charge in [-0.15, -0.1) is 0 Å². The van der Waals surface area contributed by atoms with Crippen molar-refractivity contribution in [2.45, 2.75) is 33.0 Å². The highest BCUT2D eigenvalue weighted by atomic mass is 79.9. The van der Waals surface area contributed by atoms with Crippen LogP contribution >= 0.6 is 15.9 Å². The van der Waals surface area contributed by atoms with Crippen molar-refractivity contribution < 1.29 is 14.6 Å². The Balaban J connectivity index is 2.52. The maximum absolute atomic E-state index is 12.1. The van der Waals surface area contributed by atoms with Crippen molar-refractivity contribution in [2.24, 2.45) is 0 Å². The van der Waals surface area contributed by atoms with E-state index in [-0.39, 0.29) is 6.61 Å². The van der Waals surface area contributed by atoms with E-state index >= 15 is 0 Å². The van der Waals surface area contributed by atoms with Gasteiger partial charge < -0.3 is 9.84 Å². The molecule has 1 N–H and O–H groups in total. The molecule has 1 heterocycles. The molecule has 4 nitrogen and oxygen atoms in total. The molecule has 0 spiro atoms. The van der Waals surface area contributed by atoms with Gasteiger partial charge in [-0.1, -0.05) is 15.9 Å². The number of carbonyl (C=O) groups excluding carboxylic acids is 1. The Morgan fingerprint density at radius 2 is 2.11 bits per heavy atom. The van der Waals surface area contributed by atoms with Crippen molar-refractivity contribution in [3.05, 3.63) is 34.4 Å². The first kappa shape index (κ1) is 14.1. The first-order valence-corrected chi connectivity index (χ1v) is 6.75. The van der Waals surface area contributed by atoms with E-state index in [1.807, 2.05) is 39.0 Å². The predicted molar refractivity (Wildman–Crippen MR) is 77.2 cm³/mol. The van der Waals surface area contributed by atoms with E-state index in [1.54, 1.807) is 6.20 Å². The van der Waals surface area contributed by atoms with E-state index in [4.69, 9.17) is 4.74 Å². The fourth-order valence-corrected chi connectivity index (χ4v) is 2.22. The molecular weight excluding hydrogens is 310 g/mol. The van der Waals surface area contributed by atoms with Crippen LogP contribution in [0.15, 0.2) is 28.9 Å². The van der Waals surface area contributed by atoms with Crippen LogP contribution in [-0.2, 0) is 11.3 Å². The molecule has 1 aromatic heterocycles. The second-order valence-corrected chi connectivity index (χ2v) is 6.24. The summed E-state index contributed by atoms with van der Waals surface area (Å²) in [4.78, 5) is 12.1. The lowest BCUT2D eigenvalue weighted by molar-refractivity contribution is 0.0544. The third-order valence-electron chi connectivity index (χ3n) is 2.61. The molecule has 1 aromatic carbocycles. The number of carbonyl (C=O) groups is 1. The van der Waals surface area contributed by atoms with Crippen LogP contribution < -0.4 is 0 Å². The number of nitrogens with zero attached hydrogens (tertiary/aromatic N) is 1. The summed E-state index contributed by atoms with van der Waals surface area (Å²) in [6, 6.07) is 5.55. The van der Waals surface area contributed by atoms with Crippen LogP contribution in [-0.4, -0.2) is 21.4 Å². The summed E-state index contributed by atoms with van der Waals surface area (Å²) in [5.41, 5.74) is 0.867. The SMILES string of the molecule is CC(C)(C)OC(=O)n1cc(CO)c2cc(Br)ccc21. The minimum Gasteiger partial charge on any atom is -0.443 e. The third kappa shape index (κ3) is 2.98. The molecule has 0 atom stereocenters. The smallest absolute Gasteiger partial charge is 0.419 e. The normalized spacial score (nSPS) is 11.8. The number of aromatic nitrogens is 1. The van der Waals surface area contributed by atoms with Gasteiger partial charge in [0.25, 0.3) is 0 Å². The maximum Gasteiger partial charge on any atom is 0.419 e. The molecule has 5 heteroatoms. The number of fused-ring (bicyclic) bond motifs is 1. The second kappa shape index (κ2) is 4.98. The van der Waals surface area contributed by atoms with Crippen molar-refractivity contribution in [1.29, 1.82) is 0 Å². The Kier molecular flexibility index (Phi) is 3.69. The van der Waals surface area contributed by atoms with Gasteiger partial charge >= 0.3 is 6.09 Å². The van der Waals surface area contributed by atoms with Gasteiger partial charge in [-0.2, -0.15) is 0 Å². The van der Waals surface area contributed by atoms with E-state index in [9.17, 15) is 9.90 Å². The lowest BCUT2D eigenvalue weighted by Crippen LogP contribution is -2.26. The molecule has 0 saturated heterocycles. The van der Waals surface area contributed by atoms with E-state index in [2.05, 4.69) is 15.9 Å². The first-order chi connectivity index (χ1) is 8.81. The fraction of sp³-hybridized carbons (Fsp3) is 0.357. The second-order valence-electron chi connectivity index (χ2n) is 5.32. The number of hydrogen-bond donors (Lipinski definition) is 1. The number of benzene rings is 1. The minimum absolute atomic E-state index is 0.122. The minimum atomic E-state index is -0.553. The molecule has 0 radical (unpaired) electrons. The highest BCUT2D eigenvalue weighted by Gasteiger charge is 2.20. The Labute approximate surface area is 120 Å². The zero-order valence-corrected chi connectivity index (χ0v) is 12.7. The van der Waals surface area contributed by atoms with Gasteiger partial charge in [0.1, 0.15) is 5.60 Å². The summed E-state index contributed by atoms with van der Waals surface area (Å²) in [7, 11) is 0. The van der Waals surface area contributed by atoms with Gasteiger partial charge in [-0.05, 0) is 39.0 Å². The number of aliphatic hydroxyl groups excluding tert-OH is 1. The van der Waals surface area contributed by atoms with Crippen LogP contribution in [0.1, 0.15) is 26.3 Å². The van der Waals surface area contributed by atoms with E-state index < -0.39 is 11.7 Å². The lowest BCUT2D eigenvalue weighted by atomic mass is 10.2. The summed E-state index contributed by atoms with van der Waals surface area (Å²) in [6.45, 7) is 5.34. The summed E-state index contributed by atoms with van der Waals surface area (Å²) in [5, 5.41) is 10.2. The number of aliphatic hydroxyl groups is 1.